The smallest absolute Gasteiger partial charge is 0.274 e. The number of aromatic nitrogens is 3. The van der Waals surface area contributed by atoms with Gasteiger partial charge in [-0.25, -0.2) is 9.37 Å². The molecule has 4 rings (SSSR count). The first-order valence-electron chi connectivity index (χ1n) is 8.55. The first kappa shape index (κ1) is 17.5. The summed E-state index contributed by atoms with van der Waals surface area (Å²) in [5, 5.41) is 3.07. The van der Waals surface area contributed by atoms with Crippen LogP contribution in [-0.4, -0.2) is 20.4 Å². The van der Waals surface area contributed by atoms with Gasteiger partial charge in [-0.3, -0.25) is 19.1 Å². The van der Waals surface area contributed by atoms with Crippen LogP contribution in [0.25, 0.3) is 16.6 Å². The third-order valence-corrected chi connectivity index (χ3v) is 4.28. The van der Waals surface area contributed by atoms with E-state index in [-0.39, 0.29) is 23.0 Å². The normalized spacial score (nSPS) is 10.8. The van der Waals surface area contributed by atoms with Crippen molar-refractivity contribution in [2.45, 2.75) is 6.92 Å². The number of carbonyl (C=O) groups excluding carboxylic acids is 1. The highest BCUT2D eigenvalue weighted by Gasteiger charge is 2.12. The molecule has 0 unspecified atom stereocenters. The second kappa shape index (κ2) is 7.03. The Bertz CT molecular complexity index is 1240. The van der Waals surface area contributed by atoms with Gasteiger partial charge in [-0.2, -0.15) is 0 Å². The predicted molar refractivity (Wildman–Crippen MR) is 104 cm³/mol. The molecule has 0 saturated carbocycles. The van der Waals surface area contributed by atoms with E-state index in [2.05, 4.69) is 15.3 Å². The fourth-order valence-electron chi connectivity index (χ4n) is 2.96. The van der Waals surface area contributed by atoms with Gasteiger partial charge in [-0.1, -0.05) is 6.07 Å². The molecule has 28 heavy (non-hydrogen) atoms. The Kier molecular flexibility index (Phi) is 4.41. The maximum absolute atomic E-state index is 13.2. The van der Waals surface area contributed by atoms with E-state index in [0.717, 1.165) is 0 Å². The molecule has 138 valence electrons. The molecule has 1 amide bonds. The van der Waals surface area contributed by atoms with Crippen molar-refractivity contribution in [3.63, 3.8) is 0 Å². The van der Waals surface area contributed by atoms with Gasteiger partial charge in [-0.15, -0.1) is 0 Å². The molecule has 0 saturated heterocycles. The van der Waals surface area contributed by atoms with Gasteiger partial charge in [0, 0.05) is 11.9 Å². The van der Waals surface area contributed by atoms with E-state index >= 15 is 0 Å². The Morgan fingerprint density at radius 2 is 1.86 bits per heavy atom. The van der Waals surface area contributed by atoms with Gasteiger partial charge in [0.1, 0.15) is 17.3 Å². The van der Waals surface area contributed by atoms with Crippen molar-refractivity contribution in [3.8, 4) is 5.69 Å². The molecule has 0 radical (unpaired) electrons. The van der Waals surface area contributed by atoms with E-state index in [1.165, 1.54) is 35.0 Å². The Balaban J connectivity index is 1.77. The molecule has 1 N–H and O–H groups in total. The summed E-state index contributed by atoms with van der Waals surface area (Å²) >= 11 is 0. The number of nitrogens with zero attached hydrogens (tertiary/aromatic N) is 3. The van der Waals surface area contributed by atoms with Crippen LogP contribution in [0.4, 0.5) is 10.1 Å². The third kappa shape index (κ3) is 3.25. The van der Waals surface area contributed by atoms with Crippen LogP contribution in [0, 0.1) is 12.7 Å². The van der Waals surface area contributed by atoms with Gasteiger partial charge in [0.15, 0.2) is 0 Å². The Labute approximate surface area is 159 Å². The lowest BCUT2D eigenvalue weighted by molar-refractivity contribution is 0.102. The topological polar surface area (TPSA) is 76.9 Å². The zero-order valence-electron chi connectivity index (χ0n) is 14.9. The number of aryl methyl sites for hydroxylation is 1. The number of anilines is 1. The van der Waals surface area contributed by atoms with Crippen molar-refractivity contribution >= 4 is 22.5 Å². The van der Waals surface area contributed by atoms with Crippen molar-refractivity contribution < 1.29 is 9.18 Å². The molecule has 0 atom stereocenters. The summed E-state index contributed by atoms with van der Waals surface area (Å²) in [6.45, 7) is 1.71. The number of hydrogen-bond acceptors (Lipinski definition) is 4. The van der Waals surface area contributed by atoms with Crippen LogP contribution in [0.2, 0.25) is 0 Å². The van der Waals surface area contributed by atoms with E-state index in [1.807, 2.05) is 0 Å². The number of nitrogens with one attached hydrogen (secondary N) is 1. The standard InChI is InChI=1S/C21H15FN4O2/c1-13-24-18-10-7-15(25-20(27)19-4-2-3-11-23-19)12-17(18)21(28)26(13)16-8-5-14(22)6-9-16/h2-12H,1H3,(H,25,27). The van der Waals surface area contributed by atoms with Gasteiger partial charge < -0.3 is 5.32 Å². The lowest BCUT2D eigenvalue weighted by Crippen LogP contribution is -2.22. The van der Waals surface area contributed by atoms with Crippen LogP contribution in [-0.2, 0) is 0 Å². The maximum atomic E-state index is 13.2. The number of hydrogen-bond donors (Lipinski definition) is 1. The minimum atomic E-state index is -0.386. The average molecular weight is 374 g/mol. The highest BCUT2D eigenvalue weighted by molar-refractivity contribution is 6.03. The largest absolute Gasteiger partial charge is 0.321 e. The number of rotatable bonds is 3. The minimum Gasteiger partial charge on any atom is -0.321 e. The summed E-state index contributed by atoms with van der Waals surface area (Å²) in [6.07, 6.45) is 1.53. The first-order valence-corrected chi connectivity index (χ1v) is 8.55. The molecule has 0 aliphatic carbocycles. The molecule has 2 heterocycles. The van der Waals surface area contributed by atoms with Crippen LogP contribution in [0.3, 0.4) is 0 Å². The summed E-state index contributed by atoms with van der Waals surface area (Å²) in [7, 11) is 0. The average Bonchev–Trinajstić information content (AvgIpc) is 2.70. The van der Waals surface area contributed by atoms with E-state index in [1.54, 1.807) is 43.3 Å². The van der Waals surface area contributed by atoms with Crippen molar-refractivity contribution in [2.75, 3.05) is 5.32 Å². The van der Waals surface area contributed by atoms with E-state index in [0.29, 0.717) is 28.1 Å². The van der Waals surface area contributed by atoms with Gasteiger partial charge >= 0.3 is 0 Å². The van der Waals surface area contributed by atoms with Gasteiger partial charge in [0.2, 0.25) is 0 Å². The van der Waals surface area contributed by atoms with Crippen LogP contribution >= 0.6 is 0 Å². The van der Waals surface area contributed by atoms with E-state index < -0.39 is 0 Å². The molecule has 2 aromatic heterocycles. The monoisotopic (exact) mass is 374 g/mol. The number of benzene rings is 2. The number of pyridine rings is 1. The zero-order chi connectivity index (χ0) is 19.7. The second-order valence-electron chi connectivity index (χ2n) is 6.18. The Morgan fingerprint density at radius 3 is 2.57 bits per heavy atom. The Morgan fingerprint density at radius 1 is 1.07 bits per heavy atom. The van der Waals surface area contributed by atoms with Crippen LogP contribution in [0.5, 0.6) is 0 Å². The van der Waals surface area contributed by atoms with Gasteiger partial charge in [0.25, 0.3) is 11.5 Å². The highest BCUT2D eigenvalue weighted by atomic mass is 19.1. The first-order chi connectivity index (χ1) is 13.5. The Hall–Kier alpha value is -3.87. The molecule has 0 fully saturated rings. The molecule has 0 aliphatic rings. The third-order valence-electron chi connectivity index (χ3n) is 4.28. The molecule has 7 heteroatoms. The van der Waals surface area contributed by atoms with Gasteiger partial charge in [0.05, 0.1) is 16.6 Å². The minimum absolute atomic E-state index is 0.272. The zero-order valence-corrected chi connectivity index (χ0v) is 14.9. The quantitative estimate of drug-likeness (QED) is 0.596. The van der Waals surface area contributed by atoms with Crippen molar-refractivity contribution in [1.82, 2.24) is 14.5 Å². The van der Waals surface area contributed by atoms with Crippen molar-refractivity contribution in [1.29, 1.82) is 0 Å². The SMILES string of the molecule is Cc1nc2ccc(NC(=O)c3ccccn3)cc2c(=O)n1-c1ccc(F)cc1. The lowest BCUT2D eigenvalue weighted by Gasteiger charge is -2.12. The van der Waals surface area contributed by atoms with E-state index in [4.69, 9.17) is 0 Å². The molecule has 2 aromatic carbocycles. The van der Waals surface area contributed by atoms with E-state index in [9.17, 15) is 14.0 Å². The number of amides is 1. The summed E-state index contributed by atoms with van der Waals surface area (Å²) in [5.74, 6) is -0.281. The summed E-state index contributed by atoms with van der Waals surface area (Å²) in [4.78, 5) is 33.8. The predicted octanol–water partition coefficient (Wildman–Crippen LogP) is 3.48. The van der Waals surface area contributed by atoms with Crippen LogP contribution in [0.15, 0.2) is 71.7 Å². The van der Waals surface area contributed by atoms with Crippen LogP contribution in [0.1, 0.15) is 16.3 Å². The fourth-order valence-corrected chi connectivity index (χ4v) is 2.96. The lowest BCUT2D eigenvalue weighted by atomic mass is 10.2. The molecular weight excluding hydrogens is 359 g/mol. The molecular formula is C21H15FN4O2. The van der Waals surface area contributed by atoms with Crippen molar-refractivity contribution in [2.24, 2.45) is 0 Å². The number of halogens is 1. The number of fused-ring (bicyclic) bond motifs is 1. The molecule has 6 nitrogen and oxygen atoms in total. The maximum Gasteiger partial charge on any atom is 0.274 e. The molecule has 0 aliphatic heterocycles. The molecule has 0 bridgehead atoms. The second-order valence-corrected chi connectivity index (χ2v) is 6.18. The summed E-state index contributed by atoms with van der Waals surface area (Å²) < 4.78 is 14.6. The summed E-state index contributed by atoms with van der Waals surface area (Å²) in [6, 6.07) is 15.6. The fraction of sp³-hybridized carbons (Fsp3) is 0.0476. The number of carbonyl (C=O) groups is 1. The highest BCUT2D eigenvalue weighted by Crippen LogP contribution is 2.18. The summed E-state index contributed by atoms with van der Waals surface area (Å²) in [5.41, 5.74) is 1.45. The molecule has 0 spiro atoms. The molecule has 4 aromatic rings. The van der Waals surface area contributed by atoms with Crippen molar-refractivity contribution in [3.05, 3.63) is 94.5 Å². The van der Waals surface area contributed by atoms with Crippen LogP contribution < -0.4 is 10.9 Å². The van der Waals surface area contributed by atoms with Gasteiger partial charge in [-0.05, 0) is 61.5 Å².